The highest BCUT2D eigenvalue weighted by atomic mass is 31.2. The summed E-state index contributed by atoms with van der Waals surface area (Å²) in [5, 5.41) is 10.6. The lowest BCUT2D eigenvalue weighted by atomic mass is 9.99. The quantitative estimate of drug-likeness (QED) is 0.0222. The molecule has 570 valence electrons. The molecular weight excluding hydrogens is 1260 g/mol. The van der Waals surface area contributed by atoms with Crippen LogP contribution in [0.2, 0.25) is 0 Å². The van der Waals surface area contributed by atoms with Crippen LogP contribution in [0.25, 0.3) is 0 Å². The lowest BCUT2D eigenvalue weighted by molar-refractivity contribution is -0.161. The van der Waals surface area contributed by atoms with Gasteiger partial charge >= 0.3 is 39.5 Å². The third-order valence-electron chi connectivity index (χ3n) is 18.2. The number of carbonyl (C=O) groups is 4. The maximum Gasteiger partial charge on any atom is 0.472 e. The summed E-state index contributed by atoms with van der Waals surface area (Å²) >= 11 is 0. The molecule has 0 aromatic rings. The molecule has 0 spiro atoms. The smallest absolute Gasteiger partial charge is 0.462 e. The molecule has 0 aliphatic heterocycles. The van der Waals surface area contributed by atoms with Crippen molar-refractivity contribution in [1.82, 2.24) is 0 Å². The van der Waals surface area contributed by atoms with E-state index in [-0.39, 0.29) is 25.7 Å². The summed E-state index contributed by atoms with van der Waals surface area (Å²) in [5.74, 6) is 0.224. The molecule has 17 nitrogen and oxygen atoms in total. The van der Waals surface area contributed by atoms with Crippen molar-refractivity contribution in [1.29, 1.82) is 0 Å². The Balaban J connectivity index is 5.26. The molecule has 0 heterocycles. The summed E-state index contributed by atoms with van der Waals surface area (Å²) in [6, 6.07) is 0. The topological polar surface area (TPSA) is 237 Å². The van der Waals surface area contributed by atoms with Crippen molar-refractivity contribution in [3.63, 3.8) is 0 Å². The first-order valence-electron chi connectivity index (χ1n) is 39.9. The Kier molecular flexibility index (Phi) is 66.2. The van der Waals surface area contributed by atoms with Crippen molar-refractivity contribution in [3.05, 3.63) is 0 Å². The van der Waals surface area contributed by atoms with Crippen molar-refractivity contribution in [2.24, 2.45) is 17.8 Å². The summed E-state index contributed by atoms with van der Waals surface area (Å²) in [7, 11) is -9.91. The minimum absolute atomic E-state index is 0.107. The second kappa shape index (κ2) is 67.5. The molecule has 0 fully saturated rings. The van der Waals surface area contributed by atoms with Crippen LogP contribution in [0.15, 0.2) is 0 Å². The number of phosphoric acid groups is 2. The van der Waals surface area contributed by atoms with Gasteiger partial charge in [0.05, 0.1) is 26.4 Å². The Bertz CT molecular complexity index is 1870. The Hall–Kier alpha value is -1.94. The first kappa shape index (κ1) is 94.1. The van der Waals surface area contributed by atoms with E-state index in [2.05, 4.69) is 48.5 Å². The number of aliphatic hydroxyl groups excluding tert-OH is 1. The number of aliphatic hydroxyl groups is 1. The number of hydrogen-bond acceptors (Lipinski definition) is 15. The molecule has 0 radical (unpaired) electrons. The van der Waals surface area contributed by atoms with E-state index in [0.717, 1.165) is 108 Å². The number of phosphoric ester groups is 2. The normalized spacial score (nSPS) is 14.3. The van der Waals surface area contributed by atoms with Gasteiger partial charge in [0.2, 0.25) is 0 Å². The molecule has 96 heavy (non-hydrogen) atoms. The summed E-state index contributed by atoms with van der Waals surface area (Å²) < 4.78 is 68.6. The van der Waals surface area contributed by atoms with Crippen LogP contribution in [-0.4, -0.2) is 96.7 Å². The molecule has 0 saturated carbocycles. The van der Waals surface area contributed by atoms with Crippen LogP contribution in [0.5, 0.6) is 0 Å². The number of rotatable bonds is 75. The zero-order valence-electron chi connectivity index (χ0n) is 62.8. The number of esters is 4. The van der Waals surface area contributed by atoms with Crippen LogP contribution < -0.4 is 0 Å². The number of unbranched alkanes of at least 4 members (excludes halogenated alkanes) is 42. The fraction of sp³-hybridized carbons (Fsp3) is 0.948. The van der Waals surface area contributed by atoms with Gasteiger partial charge in [-0.3, -0.25) is 37.3 Å². The molecule has 6 atom stereocenters. The third-order valence-corrected chi connectivity index (χ3v) is 20.1. The van der Waals surface area contributed by atoms with E-state index in [4.69, 9.17) is 37.0 Å². The molecule has 0 aliphatic carbocycles. The second-order valence-corrected chi connectivity index (χ2v) is 31.8. The van der Waals surface area contributed by atoms with E-state index in [1.165, 1.54) is 205 Å². The molecule has 0 aromatic heterocycles. The average Bonchev–Trinajstić information content (AvgIpc) is 1.30. The summed E-state index contributed by atoms with van der Waals surface area (Å²) in [6.07, 6.45) is 53.9. The fourth-order valence-electron chi connectivity index (χ4n) is 11.7. The van der Waals surface area contributed by atoms with Gasteiger partial charge in [-0.25, -0.2) is 9.13 Å². The maximum absolute atomic E-state index is 13.1. The second-order valence-electron chi connectivity index (χ2n) is 28.9. The van der Waals surface area contributed by atoms with Gasteiger partial charge < -0.3 is 33.8 Å². The van der Waals surface area contributed by atoms with Crippen molar-refractivity contribution >= 4 is 39.5 Å². The fourth-order valence-corrected chi connectivity index (χ4v) is 13.3. The molecule has 0 bridgehead atoms. The predicted molar refractivity (Wildman–Crippen MR) is 391 cm³/mol. The Morgan fingerprint density at radius 2 is 0.531 bits per heavy atom. The third kappa shape index (κ3) is 69.2. The number of ether oxygens (including phenoxy) is 4. The van der Waals surface area contributed by atoms with E-state index < -0.39 is 97.5 Å². The maximum atomic E-state index is 13.1. The summed E-state index contributed by atoms with van der Waals surface area (Å²) in [6.45, 7) is 11.9. The lowest BCUT2D eigenvalue weighted by Gasteiger charge is -2.21. The molecule has 0 amide bonds. The minimum Gasteiger partial charge on any atom is -0.462 e. The van der Waals surface area contributed by atoms with Gasteiger partial charge in [-0.05, 0) is 43.4 Å². The molecule has 0 saturated heterocycles. The highest BCUT2D eigenvalue weighted by Crippen LogP contribution is 2.45. The van der Waals surface area contributed by atoms with Crippen LogP contribution in [0.3, 0.4) is 0 Å². The van der Waals surface area contributed by atoms with Crippen LogP contribution in [0, 0.1) is 17.8 Å². The first-order chi connectivity index (χ1) is 46.3. The molecular formula is C77H150O17P2. The molecule has 19 heteroatoms. The molecule has 0 rings (SSSR count). The zero-order chi connectivity index (χ0) is 70.9. The van der Waals surface area contributed by atoms with E-state index in [1.54, 1.807) is 0 Å². The zero-order valence-corrected chi connectivity index (χ0v) is 64.6. The number of hydrogen-bond donors (Lipinski definition) is 3. The number of carbonyl (C=O) groups excluding carboxylic acids is 4. The Morgan fingerprint density at radius 3 is 0.792 bits per heavy atom. The average molecular weight is 1410 g/mol. The minimum atomic E-state index is -4.96. The van der Waals surface area contributed by atoms with E-state index in [1.807, 2.05) is 0 Å². The van der Waals surface area contributed by atoms with Gasteiger partial charge in [0.25, 0.3) is 0 Å². The van der Waals surface area contributed by atoms with Crippen molar-refractivity contribution in [2.75, 3.05) is 39.6 Å². The van der Waals surface area contributed by atoms with Gasteiger partial charge in [-0.1, -0.05) is 344 Å². The molecule has 0 aliphatic rings. The Labute approximate surface area is 588 Å². The Morgan fingerprint density at radius 1 is 0.302 bits per heavy atom. The van der Waals surface area contributed by atoms with Crippen molar-refractivity contribution in [2.45, 2.75) is 414 Å². The predicted octanol–water partition coefficient (Wildman–Crippen LogP) is 22.6. The SMILES string of the molecule is CCCCCCCCCCCCCCCC(=O)O[C@H](COC(=O)CCCCCCCCCCC(C)CC)COP(=O)(O)OC[C@H](O)COP(=O)(O)OC[C@@H](COC(=O)CCCCCCCCCCCCC(C)C)OC(=O)CCCCCCCCCCCCCCCCCC(C)C. The largest absolute Gasteiger partial charge is 0.472 e. The lowest BCUT2D eigenvalue weighted by Crippen LogP contribution is -2.30. The molecule has 3 N–H and O–H groups in total. The monoisotopic (exact) mass is 1410 g/mol. The molecule has 3 unspecified atom stereocenters. The van der Waals surface area contributed by atoms with Gasteiger partial charge in [0.15, 0.2) is 12.2 Å². The highest BCUT2D eigenvalue weighted by Gasteiger charge is 2.30. The van der Waals surface area contributed by atoms with E-state index in [9.17, 15) is 43.2 Å². The van der Waals surface area contributed by atoms with Crippen molar-refractivity contribution in [3.8, 4) is 0 Å². The van der Waals surface area contributed by atoms with Crippen LogP contribution >= 0.6 is 15.6 Å². The van der Waals surface area contributed by atoms with Crippen LogP contribution in [0.4, 0.5) is 0 Å². The van der Waals surface area contributed by atoms with Gasteiger partial charge in [-0.15, -0.1) is 0 Å². The highest BCUT2D eigenvalue weighted by molar-refractivity contribution is 7.47. The molecule has 0 aromatic carbocycles. The first-order valence-corrected chi connectivity index (χ1v) is 42.9. The van der Waals surface area contributed by atoms with Crippen LogP contribution in [-0.2, 0) is 65.4 Å². The summed E-state index contributed by atoms with van der Waals surface area (Å²) in [5.41, 5.74) is 0. The summed E-state index contributed by atoms with van der Waals surface area (Å²) in [4.78, 5) is 72.9. The van der Waals surface area contributed by atoms with Crippen molar-refractivity contribution < 1.29 is 80.2 Å². The van der Waals surface area contributed by atoms with Gasteiger partial charge in [-0.2, -0.15) is 0 Å². The van der Waals surface area contributed by atoms with Gasteiger partial charge in [0, 0.05) is 25.7 Å². The van der Waals surface area contributed by atoms with Gasteiger partial charge in [0.1, 0.15) is 19.3 Å². The standard InChI is InChI=1S/C77H150O17P2/c1-8-10-11-12-13-14-15-19-23-30-39-46-53-60-76(81)94-73(65-88-75(80)59-52-45-38-33-32-36-43-50-57-70(7)9-2)67-92-96(85,86)90-63-71(78)62-89-95(83,84)91-66-72(64-87-74(79)58-51-44-37-29-26-25-28-35-42-49-56-69(5)6)93-77(82)61-54-47-40-31-24-21-18-16-17-20-22-27-34-41-48-55-68(3)4/h68-73,78H,8-67H2,1-7H3,(H,83,84)(H,85,86)/t70?,71-,72-,73-/m1/s1. The van der Waals surface area contributed by atoms with E-state index >= 15 is 0 Å². The van der Waals surface area contributed by atoms with Crippen LogP contribution in [0.1, 0.15) is 395 Å². The van der Waals surface area contributed by atoms with E-state index in [0.29, 0.717) is 25.7 Å².